The standard InChI is InChI=1S/C19H22N4O4S3/c1-11-10-28-19(20-11)17(22-18(24)9-16-12(2)29-13(3)21-16)8-14-4-6-15(7-5-14)23-30(25,26)27/h4-7,10,17,23H,8-9H2,1-3H3,(H,22,24)(H,25,26,27)/t17-/m0/s1. The van der Waals surface area contributed by atoms with E-state index >= 15 is 0 Å². The Morgan fingerprint density at radius 1 is 1.17 bits per heavy atom. The monoisotopic (exact) mass is 466 g/mol. The number of hydrogen-bond donors (Lipinski definition) is 3. The molecule has 0 spiro atoms. The first kappa shape index (κ1) is 22.3. The van der Waals surface area contributed by atoms with Gasteiger partial charge in [0.25, 0.3) is 0 Å². The molecule has 2 aromatic heterocycles. The Hall–Kier alpha value is -2.34. The minimum Gasteiger partial charge on any atom is -0.346 e. The van der Waals surface area contributed by atoms with Gasteiger partial charge in [-0.2, -0.15) is 8.42 Å². The van der Waals surface area contributed by atoms with Crippen LogP contribution in [0.25, 0.3) is 0 Å². The van der Waals surface area contributed by atoms with E-state index in [9.17, 15) is 13.2 Å². The van der Waals surface area contributed by atoms with Gasteiger partial charge in [-0.25, -0.2) is 9.97 Å². The number of rotatable bonds is 8. The van der Waals surface area contributed by atoms with Crippen molar-refractivity contribution in [2.75, 3.05) is 4.72 Å². The van der Waals surface area contributed by atoms with Gasteiger partial charge in [-0.1, -0.05) is 12.1 Å². The van der Waals surface area contributed by atoms with E-state index in [1.54, 1.807) is 35.6 Å². The zero-order valence-electron chi connectivity index (χ0n) is 16.7. The summed E-state index contributed by atoms with van der Waals surface area (Å²) in [6.07, 6.45) is 0.689. The number of hydrogen-bond acceptors (Lipinski definition) is 7. The molecule has 1 amide bonds. The molecule has 30 heavy (non-hydrogen) atoms. The van der Waals surface area contributed by atoms with Crippen molar-refractivity contribution < 1.29 is 17.8 Å². The molecule has 0 bridgehead atoms. The van der Waals surface area contributed by atoms with Gasteiger partial charge in [0.15, 0.2) is 0 Å². The third-order valence-electron chi connectivity index (χ3n) is 4.24. The summed E-state index contributed by atoms with van der Waals surface area (Å²) in [7, 11) is -4.32. The van der Waals surface area contributed by atoms with Crippen LogP contribution in [0.2, 0.25) is 0 Å². The Labute approximate surface area is 183 Å². The van der Waals surface area contributed by atoms with Gasteiger partial charge in [0.2, 0.25) is 5.91 Å². The summed E-state index contributed by atoms with van der Waals surface area (Å²) in [4.78, 5) is 22.7. The van der Waals surface area contributed by atoms with Crippen molar-refractivity contribution in [1.82, 2.24) is 15.3 Å². The first-order valence-corrected chi connectivity index (χ1v) is 12.2. The average molecular weight is 467 g/mol. The maximum atomic E-state index is 12.7. The molecule has 0 aliphatic carbocycles. The van der Waals surface area contributed by atoms with Crippen LogP contribution in [-0.2, 0) is 27.9 Å². The maximum Gasteiger partial charge on any atom is 0.357 e. The largest absolute Gasteiger partial charge is 0.357 e. The van der Waals surface area contributed by atoms with Gasteiger partial charge in [0.1, 0.15) is 5.01 Å². The SMILES string of the molecule is Cc1csc([C@H](Cc2ccc(NS(=O)(=O)O)cc2)NC(=O)Cc2nc(C)sc2C)n1. The average Bonchev–Trinajstić information content (AvgIpc) is 3.20. The van der Waals surface area contributed by atoms with E-state index in [1.165, 1.54) is 11.3 Å². The van der Waals surface area contributed by atoms with E-state index in [0.717, 1.165) is 31.8 Å². The summed E-state index contributed by atoms with van der Waals surface area (Å²) in [6.45, 7) is 5.77. The van der Waals surface area contributed by atoms with E-state index < -0.39 is 10.3 Å². The molecule has 1 aromatic carbocycles. The Kier molecular flexibility index (Phi) is 6.86. The van der Waals surface area contributed by atoms with Gasteiger partial charge >= 0.3 is 10.3 Å². The molecular formula is C19H22N4O4S3. The van der Waals surface area contributed by atoms with Crippen molar-refractivity contribution in [3.05, 3.63) is 61.5 Å². The fourth-order valence-corrected chi connectivity index (χ4v) is 5.08. The lowest BCUT2D eigenvalue weighted by atomic mass is 10.1. The Balaban J connectivity index is 1.74. The first-order valence-electron chi connectivity index (χ1n) is 9.07. The van der Waals surface area contributed by atoms with E-state index in [0.29, 0.717) is 6.42 Å². The van der Waals surface area contributed by atoms with Crippen molar-refractivity contribution >= 4 is 44.6 Å². The summed E-state index contributed by atoms with van der Waals surface area (Å²) in [6, 6.07) is 6.26. The quantitative estimate of drug-likeness (QED) is 0.438. The summed E-state index contributed by atoms with van der Waals surface area (Å²) in [5, 5.41) is 6.72. The number of carbonyl (C=O) groups excluding carboxylic acids is 1. The number of thiazole rings is 2. The van der Waals surface area contributed by atoms with Crippen LogP contribution in [0.4, 0.5) is 5.69 Å². The number of amides is 1. The second kappa shape index (κ2) is 9.21. The number of anilines is 1. The third kappa shape index (κ3) is 6.33. The van der Waals surface area contributed by atoms with Gasteiger partial charge in [0.05, 0.1) is 28.9 Å². The molecule has 2 heterocycles. The van der Waals surface area contributed by atoms with Crippen LogP contribution in [0.15, 0.2) is 29.6 Å². The summed E-state index contributed by atoms with van der Waals surface area (Å²) in [5.41, 5.74) is 2.80. The molecule has 8 nitrogen and oxygen atoms in total. The number of carbonyl (C=O) groups is 1. The lowest BCUT2D eigenvalue weighted by Gasteiger charge is -2.17. The zero-order chi connectivity index (χ0) is 21.9. The minimum atomic E-state index is -4.32. The molecule has 0 aliphatic heterocycles. The van der Waals surface area contributed by atoms with Crippen LogP contribution < -0.4 is 10.0 Å². The van der Waals surface area contributed by atoms with Crippen molar-refractivity contribution in [3.63, 3.8) is 0 Å². The fourth-order valence-electron chi connectivity index (χ4n) is 2.96. The first-order chi connectivity index (χ1) is 14.1. The summed E-state index contributed by atoms with van der Waals surface area (Å²) in [5.74, 6) is -0.133. The van der Waals surface area contributed by atoms with E-state index in [-0.39, 0.29) is 24.1 Å². The molecule has 11 heteroatoms. The molecule has 1 atom stereocenters. The molecule has 0 unspecified atom stereocenters. The molecule has 0 fully saturated rings. The van der Waals surface area contributed by atoms with Crippen molar-refractivity contribution in [1.29, 1.82) is 0 Å². The lowest BCUT2D eigenvalue weighted by Crippen LogP contribution is -2.31. The molecular weight excluding hydrogens is 444 g/mol. The van der Waals surface area contributed by atoms with E-state index in [2.05, 4.69) is 15.3 Å². The van der Waals surface area contributed by atoms with Crippen molar-refractivity contribution in [2.24, 2.45) is 0 Å². The molecule has 0 saturated heterocycles. The molecule has 0 saturated carbocycles. The van der Waals surface area contributed by atoms with Crippen LogP contribution in [-0.4, -0.2) is 28.8 Å². The minimum absolute atomic E-state index is 0.133. The molecule has 0 radical (unpaired) electrons. The van der Waals surface area contributed by atoms with Crippen LogP contribution in [0.1, 0.15) is 37.9 Å². The summed E-state index contributed by atoms with van der Waals surface area (Å²) >= 11 is 3.05. The maximum absolute atomic E-state index is 12.7. The normalized spacial score (nSPS) is 12.5. The Bertz CT molecular complexity index is 1140. The highest BCUT2D eigenvalue weighted by Crippen LogP contribution is 2.24. The Morgan fingerprint density at radius 3 is 2.40 bits per heavy atom. The molecule has 3 aromatic rings. The van der Waals surface area contributed by atoms with E-state index in [1.807, 2.05) is 30.9 Å². The van der Waals surface area contributed by atoms with Crippen LogP contribution in [0.5, 0.6) is 0 Å². The highest BCUT2D eigenvalue weighted by molar-refractivity contribution is 7.87. The highest BCUT2D eigenvalue weighted by Gasteiger charge is 2.20. The van der Waals surface area contributed by atoms with Gasteiger partial charge < -0.3 is 5.32 Å². The van der Waals surface area contributed by atoms with Crippen LogP contribution >= 0.6 is 22.7 Å². The third-order valence-corrected chi connectivity index (χ3v) is 6.74. The van der Waals surface area contributed by atoms with Crippen molar-refractivity contribution in [2.45, 2.75) is 39.7 Å². The van der Waals surface area contributed by atoms with E-state index in [4.69, 9.17) is 4.55 Å². The second-order valence-corrected chi connectivity index (χ2v) is 10.3. The van der Waals surface area contributed by atoms with Gasteiger partial charge in [-0.15, -0.1) is 22.7 Å². The smallest absolute Gasteiger partial charge is 0.346 e. The predicted octanol–water partition coefficient (Wildman–Crippen LogP) is 3.38. The van der Waals surface area contributed by atoms with Crippen LogP contribution in [0, 0.1) is 20.8 Å². The van der Waals surface area contributed by atoms with Gasteiger partial charge in [-0.3, -0.25) is 14.1 Å². The van der Waals surface area contributed by atoms with Crippen LogP contribution in [0.3, 0.4) is 0 Å². The molecule has 3 rings (SSSR count). The number of nitrogens with one attached hydrogen (secondary N) is 2. The Morgan fingerprint density at radius 2 is 1.87 bits per heavy atom. The van der Waals surface area contributed by atoms with Gasteiger partial charge in [0, 0.05) is 16.0 Å². The summed E-state index contributed by atoms with van der Waals surface area (Å²) < 4.78 is 32.8. The molecule has 3 N–H and O–H groups in total. The zero-order valence-corrected chi connectivity index (χ0v) is 19.1. The van der Waals surface area contributed by atoms with Crippen molar-refractivity contribution in [3.8, 4) is 0 Å². The molecule has 160 valence electrons. The lowest BCUT2D eigenvalue weighted by molar-refractivity contribution is -0.121. The molecule has 0 aliphatic rings. The highest BCUT2D eigenvalue weighted by atomic mass is 32.2. The second-order valence-electron chi connectivity index (χ2n) is 6.84. The fraction of sp³-hybridized carbons (Fsp3) is 0.316. The topological polar surface area (TPSA) is 121 Å². The number of benzene rings is 1. The predicted molar refractivity (Wildman–Crippen MR) is 118 cm³/mol. The van der Waals surface area contributed by atoms with Gasteiger partial charge in [-0.05, 0) is 44.9 Å². The number of aryl methyl sites for hydroxylation is 3. The number of nitrogens with zero attached hydrogens (tertiary/aromatic N) is 2. The number of aromatic nitrogens is 2.